The number of hydrogen-bond acceptors (Lipinski definition) is 0. The predicted octanol–water partition coefficient (Wildman–Crippen LogP) is 9.67. The van der Waals surface area contributed by atoms with Crippen LogP contribution in [0.5, 0.6) is 0 Å². The Hall–Kier alpha value is -4.34. The maximum absolute atomic E-state index is 3.53. The highest BCUT2D eigenvalue weighted by atomic mass is 79.9. The quantitative estimate of drug-likeness (QED) is 0.211. The van der Waals surface area contributed by atoms with Crippen LogP contribution in [0.15, 0.2) is 144 Å². The van der Waals surface area contributed by atoms with Gasteiger partial charge in [-0.2, -0.15) is 0 Å². The molecule has 0 aliphatic rings. The summed E-state index contributed by atoms with van der Waals surface area (Å²) in [6, 6.07) is 45.3. The summed E-state index contributed by atoms with van der Waals surface area (Å²) >= 11 is 3.53. The maximum atomic E-state index is 3.53. The molecule has 0 unspecified atom stereocenters. The summed E-state index contributed by atoms with van der Waals surface area (Å²) < 4.78 is 5.68. The van der Waals surface area contributed by atoms with Crippen molar-refractivity contribution >= 4 is 37.7 Å². The van der Waals surface area contributed by atoms with Gasteiger partial charge in [0, 0.05) is 39.0 Å². The third-order valence-corrected chi connectivity index (χ3v) is 7.57. The molecule has 0 amide bonds. The van der Waals surface area contributed by atoms with Crippen LogP contribution in [0.2, 0.25) is 0 Å². The lowest BCUT2D eigenvalue weighted by Gasteiger charge is -2.09. The molecule has 7 rings (SSSR count). The third-order valence-electron chi connectivity index (χ3n) is 7.04. The van der Waals surface area contributed by atoms with Gasteiger partial charge >= 0.3 is 0 Å². The lowest BCUT2D eigenvalue weighted by atomic mass is 9.99. The molecule has 0 saturated heterocycles. The van der Waals surface area contributed by atoms with Crippen LogP contribution in [0.25, 0.3) is 55.4 Å². The molecule has 0 fully saturated rings. The summed E-state index contributed by atoms with van der Waals surface area (Å²) in [6.07, 6.45) is 4.50. The van der Waals surface area contributed by atoms with Gasteiger partial charge in [0.25, 0.3) is 0 Å². The van der Waals surface area contributed by atoms with Crippen molar-refractivity contribution < 1.29 is 0 Å². The minimum absolute atomic E-state index is 1.09. The molecular formula is C34H23BrN2. The van der Waals surface area contributed by atoms with E-state index in [0.29, 0.717) is 0 Å². The number of nitrogens with zero attached hydrogens (tertiary/aromatic N) is 2. The molecule has 0 saturated carbocycles. The van der Waals surface area contributed by atoms with Crippen molar-refractivity contribution in [2.75, 3.05) is 0 Å². The second-order valence-electron chi connectivity index (χ2n) is 9.29. The molecule has 7 aromatic rings. The average Bonchev–Trinajstić information content (AvgIpc) is 3.52. The fourth-order valence-electron chi connectivity index (χ4n) is 5.19. The first-order chi connectivity index (χ1) is 18.2. The summed E-state index contributed by atoms with van der Waals surface area (Å²) in [4.78, 5) is 0. The number of para-hydroxylation sites is 2. The van der Waals surface area contributed by atoms with Gasteiger partial charge in [-0.05, 0) is 70.8 Å². The molecule has 3 heteroatoms. The number of fused-ring (bicyclic) bond motifs is 3. The second kappa shape index (κ2) is 8.95. The van der Waals surface area contributed by atoms with Gasteiger partial charge < -0.3 is 9.13 Å². The first-order valence-electron chi connectivity index (χ1n) is 12.4. The molecule has 176 valence electrons. The highest BCUT2D eigenvalue weighted by Crippen LogP contribution is 2.36. The minimum atomic E-state index is 1.09. The highest BCUT2D eigenvalue weighted by molar-refractivity contribution is 9.10. The number of aromatic nitrogens is 2. The largest absolute Gasteiger partial charge is 0.321 e. The Morgan fingerprint density at radius 1 is 0.432 bits per heavy atom. The van der Waals surface area contributed by atoms with Crippen LogP contribution in [0.4, 0.5) is 0 Å². The van der Waals surface area contributed by atoms with Crippen molar-refractivity contribution in [3.8, 4) is 33.6 Å². The van der Waals surface area contributed by atoms with Gasteiger partial charge in [0.1, 0.15) is 0 Å². The van der Waals surface area contributed by atoms with E-state index in [1.54, 1.807) is 0 Å². The van der Waals surface area contributed by atoms with Crippen LogP contribution in [0.3, 0.4) is 0 Å². The van der Waals surface area contributed by atoms with Crippen molar-refractivity contribution in [3.63, 3.8) is 0 Å². The van der Waals surface area contributed by atoms with E-state index >= 15 is 0 Å². The van der Waals surface area contributed by atoms with Crippen LogP contribution in [0, 0.1) is 0 Å². The Bertz CT molecular complexity index is 1840. The Labute approximate surface area is 224 Å². The van der Waals surface area contributed by atoms with Gasteiger partial charge in [-0.3, -0.25) is 0 Å². The molecule has 2 heterocycles. The van der Waals surface area contributed by atoms with Gasteiger partial charge in [0.2, 0.25) is 0 Å². The average molecular weight is 539 g/mol. The number of hydrogen-bond donors (Lipinski definition) is 0. The number of rotatable bonds is 4. The second-order valence-corrected chi connectivity index (χ2v) is 10.2. The Morgan fingerprint density at radius 2 is 0.973 bits per heavy atom. The molecule has 0 radical (unpaired) electrons. The predicted molar refractivity (Wildman–Crippen MR) is 159 cm³/mol. The van der Waals surface area contributed by atoms with Crippen LogP contribution in [0.1, 0.15) is 0 Å². The molecule has 2 aromatic heterocycles. The standard InChI is InChI=1S/C34H23BrN2/c35-28-18-15-25(16-19-28)24-11-13-26(14-12-24)27-17-20-33-31(21-27)32-22-36(29-7-3-1-4-8-29)23-34(32)37(33)30-9-5-2-6-10-30/h1-23H. The van der Waals surface area contributed by atoms with Crippen molar-refractivity contribution in [2.24, 2.45) is 0 Å². The van der Waals surface area contributed by atoms with Crippen molar-refractivity contribution in [1.29, 1.82) is 0 Å². The summed E-state index contributed by atoms with van der Waals surface area (Å²) in [5.41, 5.74) is 9.61. The first kappa shape index (κ1) is 21.9. The summed E-state index contributed by atoms with van der Waals surface area (Å²) in [6.45, 7) is 0. The first-order valence-corrected chi connectivity index (χ1v) is 13.2. The highest BCUT2D eigenvalue weighted by Gasteiger charge is 2.16. The third kappa shape index (κ3) is 3.89. The molecule has 2 nitrogen and oxygen atoms in total. The zero-order valence-electron chi connectivity index (χ0n) is 20.1. The van der Waals surface area contributed by atoms with Crippen molar-refractivity contribution in [3.05, 3.63) is 144 Å². The minimum Gasteiger partial charge on any atom is -0.321 e. The monoisotopic (exact) mass is 538 g/mol. The van der Waals surface area contributed by atoms with E-state index in [1.807, 2.05) is 0 Å². The normalized spacial score (nSPS) is 11.4. The fourth-order valence-corrected chi connectivity index (χ4v) is 5.45. The molecule has 0 spiro atoms. The SMILES string of the molecule is Brc1ccc(-c2ccc(-c3ccc4c(c3)c3cn(-c5ccccc5)cc3n4-c3ccccc3)cc2)cc1. The van der Waals surface area contributed by atoms with Crippen LogP contribution in [-0.2, 0) is 0 Å². The van der Waals surface area contributed by atoms with E-state index in [9.17, 15) is 0 Å². The summed E-state index contributed by atoms with van der Waals surface area (Å²) in [5.74, 6) is 0. The Morgan fingerprint density at radius 3 is 1.62 bits per heavy atom. The molecule has 0 bridgehead atoms. The Balaban J connectivity index is 1.38. The van der Waals surface area contributed by atoms with Crippen molar-refractivity contribution in [1.82, 2.24) is 9.13 Å². The number of benzene rings is 5. The molecule has 5 aromatic carbocycles. The van der Waals surface area contributed by atoms with E-state index in [0.717, 1.165) is 10.2 Å². The van der Waals surface area contributed by atoms with Gasteiger partial charge in [-0.25, -0.2) is 0 Å². The van der Waals surface area contributed by atoms with Crippen LogP contribution in [-0.4, -0.2) is 9.13 Å². The molecule has 37 heavy (non-hydrogen) atoms. The summed E-state index contributed by atoms with van der Waals surface area (Å²) in [5, 5.41) is 2.50. The lowest BCUT2D eigenvalue weighted by molar-refractivity contribution is 1.07. The van der Waals surface area contributed by atoms with Crippen LogP contribution < -0.4 is 0 Å². The van der Waals surface area contributed by atoms with E-state index in [2.05, 4.69) is 165 Å². The molecule has 0 aliphatic heterocycles. The van der Waals surface area contributed by atoms with Crippen LogP contribution >= 0.6 is 15.9 Å². The zero-order valence-corrected chi connectivity index (χ0v) is 21.6. The van der Waals surface area contributed by atoms with Crippen molar-refractivity contribution in [2.45, 2.75) is 0 Å². The van der Waals surface area contributed by atoms with E-state index in [4.69, 9.17) is 0 Å². The number of halogens is 1. The van der Waals surface area contributed by atoms with Gasteiger partial charge in [-0.1, -0.05) is 94.8 Å². The molecule has 0 atom stereocenters. The molecular weight excluding hydrogens is 516 g/mol. The smallest absolute Gasteiger partial charge is 0.0721 e. The van der Waals surface area contributed by atoms with E-state index in [-0.39, 0.29) is 0 Å². The maximum Gasteiger partial charge on any atom is 0.0721 e. The van der Waals surface area contributed by atoms with E-state index in [1.165, 1.54) is 49.7 Å². The molecule has 0 N–H and O–H groups in total. The topological polar surface area (TPSA) is 9.86 Å². The molecule has 0 aliphatic carbocycles. The van der Waals surface area contributed by atoms with Gasteiger partial charge in [0.15, 0.2) is 0 Å². The van der Waals surface area contributed by atoms with E-state index < -0.39 is 0 Å². The fraction of sp³-hybridized carbons (Fsp3) is 0. The lowest BCUT2D eigenvalue weighted by Crippen LogP contribution is -1.94. The Kier molecular flexibility index (Phi) is 5.30. The van der Waals surface area contributed by atoms with Gasteiger partial charge in [0.05, 0.1) is 11.0 Å². The van der Waals surface area contributed by atoms with Gasteiger partial charge in [-0.15, -0.1) is 0 Å². The summed E-state index contributed by atoms with van der Waals surface area (Å²) in [7, 11) is 0. The zero-order chi connectivity index (χ0) is 24.8.